The summed E-state index contributed by atoms with van der Waals surface area (Å²) in [5.41, 5.74) is 8.88. The van der Waals surface area contributed by atoms with Gasteiger partial charge in [0.05, 0.1) is 6.20 Å². The van der Waals surface area contributed by atoms with Crippen LogP contribution in [0, 0.1) is 0 Å². The Morgan fingerprint density at radius 3 is 2.75 bits per heavy atom. The van der Waals surface area contributed by atoms with Crippen LogP contribution in [0.3, 0.4) is 0 Å². The largest absolute Gasteiger partial charge is 0.436 e. The third-order valence-electron chi connectivity index (χ3n) is 2.86. The minimum absolute atomic E-state index is 0.292. The first-order valence-corrected chi connectivity index (χ1v) is 6.46. The van der Waals surface area contributed by atoms with Crippen molar-refractivity contribution < 1.29 is 4.42 Å². The molecule has 2 heterocycles. The van der Waals surface area contributed by atoms with Gasteiger partial charge in [-0.3, -0.25) is 4.98 Å². The van der Waals surface area contributed by atoms with Crippen LogP contribution in [0.25, 0.3) is 22.6 Å². The van der Waals surface area contributed by atoms with Crippen LogP contribution in [-0.2, 0) is 6.54 Å². The SMILES string of the molecule is NC(=S)NCc1ccc(-c2nc3cnccc3o2)cc1. The van der Waals surface area contributed by atoms with Gasteiger partial charge in [0, 0.05) is 24.4 Å². The molecule has 100 valence electrons. The summed E-state index contributed by atoms with van der Waals surface area (Å²) in [6.07, 6.45) is 3.37. The van der Waals surface area contributed by atoms with Crippen molar-refractivity contribution in [2.24, 2.45) is 5.73 Å². The second kappa shape index (κ2) is 5.26. The first kappa shape index (κ1) is 12.6. The molecule has 3 aromatic rings. The maximum atomic E-state index is 5.68. The highest BCUT2D eigenvalue weighted by Gasteiger charge is 2.07. The Labute approximate surface area is 120 Å². The third-order valence-corrected chi connectivity index (χ3v) is 3.00. The number of nitrogens with one attached hydrogen (secondary N) is 1. The van der Waals surface area contributed by atoms with Crippen LogP contribution < -0.4 is 11.1 Å². The Morgan fingerprint density at radius 1 is 1.25 bits per heavy atom. The average molecular weight is 284 g/mol. The number of oxazole rings is 1. The topological polar surface area (TPSA) is 77.0 Å². The molecule has 0 aliphatic carbocycles. The first-order valence-electron chi connectivity index (χ1n) is 6.05. The van der Waals surface area contributed by atoms with Gasteiger partial charge in [-0.2, -0.15) is 0 Å². The van der Waals surface area contributed by atoms with Crippen molar-refractivity contribution in [2.75, 3.05) is 0 Å². The summed E-state index contributed by atoms with van der Waals surface area (Å²) in [5.74, 6) is 0.585. The molecule has 0 unspecified atom stereocenters. The maximum Gasteiger partial charge on any atom is 0.227 e. The van der Waals surface area contributed by atoms with Gasteiger partial charge in [0.2, 0.25) is 5.89 Å². The van der Waals surface area contributed by atoms with Crippen molar-refractivity contribution in [1.82, 2.24) is 15.3 Å². The number of rotatable bonds is 3. The molecule has 0 aliphatic rings. The molecule has 0 radical (unpaired) electrons. The van der Waals surface area contributed by atoms with Crippen LogP contribution in [-0.4, -0.2) is 15.1 Å². The fourth-order valence-corrected chi connectivity index (χ4v) is 1.93. The van der Waals surface area contributed by atoms with E-state index in [0.29, 0.717) is 17.5 Å². The van der Waals surface area contributed by atoms with Crippen LogP contribution in [0.15, 0.2) is 47.1 Å². The number of nitrogens with zero attached hydrogens (tertiary/aromatic N) is 2. The molecule has 0 bridgehead atoms. The quantitative estimate of drug-likeness (QED) is 0.718. The van der Waals surface area contributed by atoms with E-state index < -0.39 is 0 Å². The normalized spacial score (nSPS) is 10.6. The van der Waals surface area contributed by atoms with E-state index in [0.717, 1.165) is 22.2 Å². The zero-order valence-corrected chi connectivity index (χ0v) is 11.4. The second-order valence-electron chi connectivity index (χ2n) is 4.28. The molecule has 0 saturated heterocycles. The van der Waals surface area contributed by atoms with Crippen molar-refractivity contribution >= 4 is 28.4 Å². The number of nitrogens with two attached hydrogens (primary N) is 1. The number of pyridine rings is 1. The highest BCUT2D eigenvalue weighted by molar-refractivity contribution is 7.80. The van der Waals surface area contributed by atoms with Gasteiger partial charge in [0.15, 0.2) is 10.7 Å². The van der Waals surface area contributed by atoms with Gasteiger partial charge in [0.1, 0.15) is 5.52 Å². The average Bonchev–Trinajstić information content (AvgIpc) is 2.89. The van der Waals surface area contributed by atoms with Crippen molar-refractivity contribution in [3.05, 3.63) is 48.3 Å². The summed E-state index contributed by atoms with van der Waals surface area (Å²) >= 11 is 4.77. The molecule has 0 aliphatic heterocycles. The minimum atomic E-state index is 0.292. The van der Waals surface area contributed by atoms with Crippen LogP contribution in [0.5, 0.6) is 0 Å². The van der Waals surface area contributed by atoms with Crippen molar-refractivity contribution in [1.29, 1.82) is 0 Å². The number of thiocarbonyl (C=S) groups is 1. The fraction of sp³-hybridized carbons (Fsp3) is 0.0714. The van der Waals surface area contributed by atoms with E-state index in [4.69, 9.17) is 22.4 Å². The van der Waals surface area contributed by atoms with E-state index in [1.165, 1.54) is 0 Å². The van der Waals surface area contributed by atoms with Crippen molar-refractivity contribution in [3.63, 3.8) is 0 Å². The summed E-state index contributed by atoms with van der Waals surface area (Å²) in [7, 11) is 0. The van der Waals surface area contributed by atoms with E-state index in [1.54, 1.807) is 18.5 Å². The van der Waals surface area contributed by atoms with E-state index >= 15 is 0 Å². The molecule has 3 rings (SSSR count). The van der Waals surface area contributed by atoms with E-state index in [2.05, 4.69) is 15.3 Å². The van der Waals surface area contributed by atoms with Gasteiger partial charge in [0.25, 0.3) is 0 Å². The summed E-state index contributed by atoms with van der Waals surface area (Å²) in [5, 5.41) is 3.20. The van der Waals surface area contributed by atoms with Crippen molar-refractivity contribution in [3.8, 4) is 11.5 Å². The molecular formula is C14H12N4OS. The minimum Gasteiger partial charge on any atom is -0.436 e. The maximum absolute atomic E-state index is 5.68. The van der Waals surface area contributed by atoms with Gasteiger partial charge in [-0.15, -0.1) is 0 Å². The lowest BCUT2D eigenvalue weighted by molar-refractivity contribution is 0.619. The lowest BCUT2D eigenvalue weighted by atomic mass is 10.1. The number of benzene rings is 1. The Balaban J connectivity index is 1.85. The van der Waals surface area contributed by atoms with Gasteiger partial charge in [-0.05, 0) is 29.9 Å². The molecule has 0 saturated carbocycles. The highest BCUT2D eigenvalue weighted by Crippen LogP contribution is 2.23. The van der Waals surface area contributed by atoms with Crippen LogP contribution >= 0.6 is 12.2 Å². The molecule has 5 nitrogen and oxygen atoms in total. The summed E-state index contributed by atoms with van der Waals surface area (Å²) in [6, 6.07) is 9.66. The summed E-state index contributed by atoms with van der Waals surface area (Å²) in [4.78, 5) is 8.42. The predicted octanol–water partition coefficient (Wildman–Crippen LogP) is 2.22. The standard InChI is InChI=1S/C14H12N4OS/c15-14(20)17-7-9-1-3-10(4-2-9)13-18-11-8-16-6-5-12(11)19-13/h1-6,8H,7H2,(H3,15,17,20). The highest BCUT2D eigenvalue weighted by atomic mass is 32.1. The zero-order chi connectivity index (χ0) is 13.9. The van der Waals surface area contributed by atoms with Gasteiger partial charge >= 0.3 is 0 Å². The Morgan fingerprint density at radius 2 is 2.05 bits per heavy atom. The monoisotopic (exact) mass is 284 g/mol. The van der Waals surface area contributed by atoms with E-state index in [1.807, 2.05) is 24.3 Å². The smallest absolute Gasteiger partial charge is 0.227 e. The number of hydrogen-bond donors (Lipinski definition) is 2. The van der Waals surface area contributed by atoms with Crippen molar-refractivity contribution in [2.45, 2.75) is 6.54 Å². The van der Waals surface area contributed by atoms with E-state index in [-0.39, 0.29) is 0 Å². The molecular weight excluding hydrogens is 272 g/mol. The molecule has 3 N–H and O–H groups in total. The van der Waals surface area contributed by atoms with Crippen LogP contribution in [0.2, 0.25) is 0 Å². The third kappa shape index (κ3) is 2.60. The first-order chi connectivity index (χ1) is 9.72. The Hall–Kier alpha value is -2.47. The molecule has 2 aromatic heterocycles. The predicted molar refractivity (Wildman–Crippen MR) is 80.9 cm³/mol. The van der Waals surface area contributed by atoms with E-state index in [9.17, 15) is 0 Å². The van der Waals surface area contributed by atoms with Gasteiger partial charge < -0.3 is 15.5 Å². The Kier molecular flexibility index (Phi) is 3.30. The lowest BCUT2D eigenvalue weighted by Gasteiger charge is -2.04. The number of hydrogen-bond acceptors (Lipinski definition) is 4. The fourth-order valence-electron chi connectivity index (χ4n) is 1.86. The molecule has 6 heteroatoms. The second-order valence-corrected chi connectivity index (χ2v) is 4.72. The number of aromatic nitrogens is 2. The molecule has 0 fully saturated rings. The molecule has 1 aromatic carbocycles. The molecule has 0 amide bonds. The molecule has 20 heavy (non-hydrogen) atoms. The lowest BCUT2D eigenvalue weighted by Crippen LogP contribution is -2.28. The van der Waals surface area contributed by atoms with Gasteiger partial charge in [-0.25, -0.2) is 4.98 Å². The number of fused-ring (bicyclic) bond motifs is 1. The van der Waals surface area contributed by atoms with Crippen LogP contribution in [0.4, 0.5) is 0 Å². The molecule has 0 spiro atoms. The van der Waals surface area contributed by atoms with Gasteiger partial charge in [-0.1, -0.05) is 12.1 Å². The summed E-state index contributed by atoms with van der Waals surface area (Å²) in [6.45, 7) is 0.604. The Bertz CT molecular complexity index is 718. The zero-order valence-electron chi connectivity index (χ0n) is 10.5. The summed E-state index contributed by atoms with van der Waals surface area (Å²) < 4.78 is 5.68. The molecule has 0 atom stereocenters. The van der Waals surface area contributed by atoms with Crippen LogP contribution in [0.1, 0.15) is 5.56 Å².